The molecule has 0 saturated carbocycles. The number of fused-ring (bicyclic) bond motifs is 1. The number of benzene rings is 1. The molecular weight excluding hydrogens is 400 g/mol. The van der Waals surface area contributed by atoms with Gasteiger partial charge in [-0.15, -0.1) is 11.6 Å². The van der Waals surface area contributed by atoms with Crippen LogP contribution in [0.2, 0.25) is 0 Å². The van der Waals surface area contributed by atoms with Crippen LogP contribution in [0.5, 0.6) is 0 Å². The molecule has 8 heteroatoms. The largest absolute Gasteiger partial charge is 0.352 e. The van der Waals surface area contributed by atoms with Crippen LogP contribution in [0.4, 0.5) is 5.82 Å². The van der Waals surface area contributed by atoms with Gasteiger partial charge in [0, 0.05) is 32.6 Å². The summed E-state index contributed by atoms with van der Waals surface area (Å²) in [6.45, 7) is 8.74. The van der Waals surface area contributed by atoms with Crippen molar-refractivity contribution < 1.29 is 4.79 Å². The van der Waals surface area contributed by atoms with Crippen LogP contribution in [0, 0.1) is 5.92 Å². The molecule has 1 amide bonds. The average Bonchev–Trinajstić information content (AvgIpc) is 3.17. The van der Waals surface area contributed by atoms with E-state index in [1.165, 1.54) is 0 Å². The Labute approximate surface area is 181 Å². The number of nitrogens with zero attached hydrogens (tertiary/aromatic N) is 6. The normalized spacial score (nSPS) is 15.8. The highest BCUT2D eigenvalue weighted by atomic mass is 35.5. The van der Waals surface area contributed by atoms with Crippen LogP contribution in [-0.2, 0) is 11.2 Å². The fraction of sp³-hybridized carbons (Fsp3) is 0.455. The predicted molar refractivity (Wildman–Crippen MR) is 119 cm³/mol. The maximum atomic E-state index is 12.2. The summed E-state index contributed by atoms with van der Waals surface area (Å²) in [6, 6.07) is 10.0. The lowest BCUT2D eigenvalue weighted by Crippen LogP contribution is -2.50. The number of piperazine rings is 1. The van der Waals surface area contributed by atoms with Crippen molar-refractivity contribution in [2.45, 2.75) is 32.6 Å². The Morgan fingerprint density at radius 2 is 1.77 bits per heavy atom. The van der Waals surface area contributed by atoms with E-state index in [-0.39, 0.29) is 5.91 Å². The quantitative estimate of drug-likeness (QED) is 0.585. The summed E-state index contributed by atoms with van der Waals surface area (Å²) in [5.41, 5.74) is 1.79. The molecular formula is C22H27ClN6O. The molecule has 0 N–H and O–H groups in total. The second-order valence-electron chi connectivity index (χ2n) is 8.12. The summed E-state index contributed by atoms with van der Waals surface area (Å²) in [5.74, 6) is 2.14. The van der Waals surface area contributed by atoms with Gasteiger partial charge in [-0.1, -0.05) is 32.0 Å². The van der Waals surface area contributed by atoms with Crippen LogP contribution in [0.1, 0.15) is 26.6 Å². The maximum Gasteiger partial charge on any atom is 0.240 e. The van der Waals surface area contributed by atoms with Gasteiger partial charge in [0.1, 0.15) is 17.0 Å². The number of carbonyl (C=O) groups is 1. The Kier molecular flexibility index (Phi) is 5.90. The van der Waals surface area contributed by atoms with Gasteiger partial charge in [0.25, 0.3) is 0 Å². The van der Waals surface area contributed by atoms with Crippen LogP contribution in [0.15, 0.2) is 36.5 Å². The number of aromatic nitrogens is 4. The van der Waals surface area contributed by atoms with E-state index in [4.69, 9.17) is 21.6 Å². The molecule has 0 bridgehead atoms. The first-order chi connectivity index (χ1) is 14.4. The van der Waals surface area contributed by atoms with Crippen molar-refractivity contribution in [3.63, 3.8) is 0 Å². The van der Waals surface area contributed by atoms with Gasteiger partial charge in [-0.3, -0.25) is 4.79 Å². The first-order valence-electron chi connectivity index (χ1n) is 10.4. The second kappa shape index (κ2) is 8.60. The van der Waals surface area contributed by atoms with Gasteiger partial charge in [-0.2, -0.15) is 5.10 Å². The minimum atomic E-state index is -0.496. The lowest BCUT2D eigenvalue weighted by molar-refractivity contribution is -0.130. The molecule has 0 radical (unpaired) electrons. The zero-order chi connectivity index (χ0) is 21.3. The van der Waals surface area contributed by atoms with Crippen molar-refractivity contribution in [3.05, 3.63) is 42.4 Å². The molecule has 1 aromatic carbocycles. The third-order valence-corrected chi connectivity index (χ3v) is 5.46. The predicted octanol–water partition coefficient (Wildman–Crippen LogP) is 3.29. The number of amides is 1. The highest BCUT2D eigenvalue weighted by Gasteiger charge is 2.26. The lowest BCUT2D eigenvalue weighted by atomic mass is 10.1. The molecule has 2 aromatic heterocycles. The standard InChI is InChI=1S/C22H27ClN6O/c1-15(2)13-19-25-20(27-9-11-28(12-10-27)22(30)16(3)23)18-14-24-29(21(18)26-19)17-7-5-4-6-8-17/h4-8,14-16H,9-13H2,1-3H3/t16-/m1/s1. The summed E-state index contributed by atoms with van der Waals surface area (Å²) in [4.78, 5) is 26.0. The second-order valence-corrected chi connectivity index (χ2v) is 8.77. The van der Waals surface area contributed by atoms with E-state index in [9.17, 15) is 4.79 Å². The Morgan fingerprint density at radius 3 is 2.40 bits per heavy atom. The minimum absolute atomic E-state index is 0.0125. The monoisotopic (exact) mass is 426 g/mol. The molecule has 1 aliphatic heterocycles. The van der Waals surface area contributed by atoms with E-state index in [1.807, 2.05) is 46.1 Å². The molecule has 7 nitrogen and oxygen atoms in total. The number of halogens is 1. The molecule has 30 heavy (non-hydrogen) atoms. The number of para-hydroxylation sites is 1. The minimum Gasteiger partial charge on any atom is -0.352 e. The number of rotatable bonds is 5. The fourth-order valence-electron chi connectivity index (χ4n) is 3.78. The molecule has 1 aliphatic rings. The molecule has 3 heterocycles. The van der Waals surface area contributed by atoms with E-state index < -0.39 is 5.38 Å². The summed E-state index contributed by atoms with van der Waals surface area (Å²) >= 11 is 5.99. The average molecular weight is 427 g/mol. The lowest BCUT2D eigenvalue weighted by Gasteiger charge is -2.36. The van der Waals surface area contributed by atoms with Gasteiger partial charge >= 0.3 is 0 Å². The molecule has 1 fully saturated rings. The number of alkyl halides is 1. The van der Waals surface area contributed by atoms with Crippen molar-refractivity contribution in [2.75, 3.05) is 31.1 Å². The number of hydrogen-bond acceptors (Lipinski definition) is 5. The van der Waals surface area contributed by atoms with E-state index in [0.717, 1.165) is 34.8 Å². The van der Waals surface area contributed by atoms with Crippen molar-refractivity contribution in [3.8, 4) is 5.69 Å². The zero-order valence-electron chi connectivity index (χ0n) is 17.6. The first kappa shape index (κ1) is 20.6. The highest BCUT2D eigenvalue weighted by molar-refractivity contribution is 6.30. The van der Waals surface area contributed by atoms with E-state index in [2.05, 4.69) is 23.8 Å². The molecule has 158 valence electrons. The van der Waals surface area contributed by atoms with Crippen molar-refractivity contribution in [1.29, 1.82) is 0 Å². The van der Waals surface area contributed by atoms with Crippen LogP contribution in [0.25, 0.3) is 16.7 Å². The summed E-state index contributed by atoms with van der Waals surface area (Å²) in [6.07, 6.45) is 2.64. The van der Waals surface area contributed by atoms with Gasteiger partial charge < -0.3 is 9.80 Å². The Balaban J connectivity index is 1.71. The molecule has 1 atom stereocenters. The van der Waals surface area contributed by atoms with Crippen LogP contribution in [0.3, 0.4) is 0 Å². The van der Waals surface area contributed by atoms with E-state index in [0.29, 0.717) is 32.1 Å². The number of anilines is 1. The smallest absolute Gasteiger partial charge is 0.240 e. The molecule has 0 unspecified atom stereocenters. The topological polar surface area (TPSA) is 67.2 Å². The van der Waals surface area contributed by atoms with E-state index in [1.54, 1.807) is 6.92 Å². The van der Waals surface area contributed by atoms with Crippen LogP contribution < -0.4 is 4.90 Å². The van der Waals surface area contributed by atoms with Gasteiger partial charge in [-0.25, -0.2) is 14.6 Å². The van der Waals surface area contributed by atoms with Gasteiger partial charge in [0.15, 0.2) is 5.65 Å². The van der Waals surface area contributed by atoms with Gasteiger partial charge in [-0.05, 0) is 25.0 Å². The van der Waals surface area contributed by atoms with Crippen molar-refractivity contribution in [1.82, 2.24) is 24.6 Å². The number of carbonyl (C=O) groups excluding carboxylic acids is 1. The fourth-order valence-corrected chi connectivity index (χ4v) is 3.92. The van der Waals surface area contributed by atoms with Crippen LogP contribution in [-0.4, -0.2) is 62.1 Å². The molecule has 1 saturated heterocycles. The SMILES string of the molecule is CC(C)Cc1nc(N2CCN(C(=O)[C@@H](C)Cl)CC2)c2cnn(-c3ccccc3)c2n1. The number of hydrogen-bond donors (Lipinski definition) is 0. The molecule has 4 rings (SSSR count). The van der Waals surface area contributed by atoms with Crippen LogP contribution >= 0.6 is 11.6 Å². The van der Waals surface area contributed by atoms with Gasteiger partial charge in [0.2, 0.25) is 5.91 Å². The molecule has 0 spiro atoms. The first-order valence-corrected chi connectivity index (χ1v) is 10.9. The third kappa shape index (κ3) is 4.12. The molecule has 0 aliphatic carbocycles. The van der Waals surface area contributed by atoms with Crippen molar-refractivity contribution in [2.24, 2.45) is 5.92 Å². The summed E-state index contributed by atoms with van der Waals surface area (Å²) in [5, 5.41) is 5.04. The molecule has 3 aromatic rings. The van der Waals surface area contributed by atoms with Gasteiger partial charge in [0.05, 0.1) is 17.3 Å². The van der Waals surface area contributed by atoms with E-state index >= 15 is 0 Å². The van der Waals surface area contributed by atoms with Crippen molar-refractivity contribution >= 4 is 34.4 Å². The maximum absolute atomic E-state index is 12.2. The zero-order valence-corrected chi connectivity index (χ0v) is 18.4. The summed E-state index contributed by atoms with van der Waals surface area (Å²) < 4.78 is 1.87. The Bertz CT molecular complexity index is 1020. The Morgan fingerprint density at radius 1 is 1.07 bits per heavy atom. The highest BCUT2D eigenvalue weighted by Crippen LogP contribution is 2.27. The summed E-state index contributed by atoms with van der Waals surface area (Å²) in [7, 11) is 0. The Hall–Kier alpha value is -2.67. The third-order valence-electron chi connectivity index (χ3n) is 5.28.